The van der Waals surface area contributed by atoms with Crippen LogP contribution in [0, 0.1) is 0 Å². The summed E-state index contributed by atoms with van der Waals surface area (Å²) in [5.74, 6) is -0.388. The van der Waals surface area contributed by atoms with Crippen molar-refractivity contribution in [1.82, 2.24) is 10.2 Å². The van der Waals surface area contributed by atoms with Crippen LogP contribution >= 0.6 is 22.9 Å². The molecular weight excluding hydrogens is 382 g/mol. The topological polar surface area (TPSA) is 61.4 Å². The van der Waals surface area contributed by atoms with Gasteiger partial charge in [-0.3, -0.25) is 14.5 Å². The number of halogens is 1. The third-order valence-electron chi connectivity index (χ3n) is 4.85. The van der Waals surface area contributed by atoms with Crippen molar-refractivity contribution in [2.75, 3.05) is 25.0 Å². The van der Waals surface area contributed by atoms with Crippen molar-refractivity contribution in [1.29, 1.82) is 0 Å². The molecule has 5 nitrogen and oxygen atoms in total. The number of carbonyl (C=O) groups is 2. The average Bonchev–Trinajstić information content (AvgIpc) is 3.38. The van der Waals surface area contributed by atoms with Crippen LogP contribution in [0.2, 0.25) is 5.02 Å². The number of thiophene rings is 1. The normalized spacial score (nSPS) is 15.5. The van der Waals surface area contributed by atoms with Crippen LogP contribution in [0.1, 0.15) is 46.2 Å². The van der Waals surface area contributed by atoms with Crippen LogP contribution < -0.4 is 10.6 Å². The summed E-state index contributed by atoms with van der Waals surface area (Å²) >= 11 is 7.55. The third-order valence-corrected chi connectivity index (χ3v) is 6.05. The Hall–Kier alpha value is -1.89. The van der Waals surface area contributed by atoms with Gasteiger partial charge in [-0.1, -0.05) is 24.6 Å². The monoisotopic (exact) mass is 405 g/mol. The van der Waals surface area contributed by atoms with Gasteiger partial charge in [-0.05, 0) is 62.0 Å². The Bertz CT molecular complexity index is 789. The zero-order valence-electron chi connectivity index (χ0n) is 15.3. The Kier molecular flexibility index (Phi) is 6.88. The Morgan fingerprint density at radius 2 is 2.00 bits per heavy atom. The quantitative estimate of drug-likeness (QED) is 0.723. The number of hydrogen-bond acceptors (Lipinski definition) is 4. The molecule has 1 aliphatic rings. The van der Waals surface area contributed by atoms with Crippen LogP contribution in [0.25, 0.3) is 0 Å². The Morgan fingerprint density at radius 3 is 2.67 bits per heavy atom. The second kappa shape index (κ2) is 9.35. The molecule has 0 spiro atoms. The predicted octanol–water partition coefficient (Wildman–Crippen LogP) is 4.26. The van der Waals surface area contributed by atoms with E-state index in [9.17, 15) is 9.59 Å². The smallest absolute Gasteiger partial charge is 0.265 e. The van der Waals surface area contributed by atoms with Crippen molar-refractivity contribution < 1.29 is 9.59 Å². The predicted molar refractivity (Wildman–Crippen MR) is 111 cm³/mol. The van der Waals surface area contributed by atoms with Gasteiger partial charge in [-0.15, -0.1) is 11.3 Å². The molecule has 27 heavy (non-hydrogen) atoms. The molecule has 3 rings (SSSR count). The minimum absolute atomic E-state index is 0.157. The third kappa shape index (κ3) is 5.09. The van der Waals surface area contributed by atoms with Crippen LogP contribution in [-0.2, 0) is 0 Å². The largest absolute Gasteiger partial charge is 0.350 e. The maximum atomic E-state index is 12.6. The van der Waals surface area contributed by atoms with Gasteiger partial charge in [0.1, 0.15) is 0 Å². The summed E-state index contributed by atoms with van der Waals surface area (Å²) in [6.45, 7) is 4.98. The van der Waals surface area contributed by atoms with Crippen LogP contribution in [-0.4, -0.2) is 42.4 Å². The number of benzene rings is 1. The summed E-state index contributed by atoms with van der Waals surface area (Å²) in [5, 5.41) is 8.04. The number of rotatable bonds is 7. The van der Waals surface area contributed by atoms with Crippen molar-refractivity contribution in [3.63, 3.8) is 0 Å². The molecule has 1 unspecified atom stereocenters. The second-order valence-corrected chi connectivity index (χ2v) is 8.00. The van der Waals surface area contributed by atoms with Crippen molar-refractivity contribution in [3.05, 3.63) is 51.2 Å². The molecule has 144 valence electrons. The van der Waals surface area contributed by atoms with E-state index < -0.39 is 0 Å². The lowest BCUT2D eigenvalue weighted by Crippen LogP contribution is -2.42. The molecule has 1 atom stereocenters. The van der Waals surface area contributed by atoms with Crippen molar-refractivity contribution in [2.45, 2.75) is 32.2 Å². The molecule has 2 aromatic rings. The molecule has 0 aliphatic carbocycles. The Balaban J connectivity index is 1.63. The Labute approximate surface area is 168 Å². The molecule has 0 radical (unpaired) electrons. The maximum Gasteiger partial charge on any atom is 0.265 e. The number of amides is 2. The zero-order chi connectivity index (χ0) is 19.2. The molecule has 1 aromatic heterocycles. The first kappa shape index (κ1) is 19.9. The van der Waals surface area contributed by atoms with Gasteiger partial charge in [-0.25, -0.2) is 0 Å². The molecule has 1 saturated heterocycles. The van der Waals surface area contributed by atoms with E-state index in [4.69, 9.17) is 11.6 Å². The lowest BCUT2D eigenvalue weighted by molar-refractivity contribution is 0.0936. The Morgan fingerprint density at radius 1 is 1.22 bits per heavy atom. The first-order valence-electron chi connectivity index (χ1n) is 9.25. The van der Waals surface area contributed by atoms with E-state index >= 15 is 0 Å². The molecule has 0 bridgehead atoms. The highest BCUT2D eigenvalue weighted by atomic mass is 35.5. The SMILES string of the molecule is CCC(CNC(=O)c1ccc(Cl)c(NC(=O)c2cccs2)c1)N1CCCC1. The fraction of sp³-hybridized carbons (Fsp3) is 0.400. The number of carbonyl (C=O) groups excluding carboxylic acids is 2. The van der Waals surface area contributed by atoms with Crippen LogP contribution in [0.15, 0.2) is 35.7 Å². The summed E-state index contributed by atoms with van der Waals surface area (Å²) in [7, 11) is 0. The molecule has 0 saturated carbocycles. The first-order valence-corrected chi connectivity index (χ1v) is 10.5. The highest BCUT2D eigenvalue weighted by Crippen LogP contribution is 2.24. The average molecular weight is 406 g/mol. The summed E-state index contributed by atoms with van der Waals surface area (Å²) in [6.07, 6.45) is 3.47. The first-order chi connectivity index (χ1) is 13.1. The van der Waals surface area contributed by atoms with Gasteiger partial charge in [0.05, 0.1) is 15.6 Å². The van der Waals surface area contributed by atoms with Crippen molar-refractivity contribution in [3.8, 4) is 0 Å². The molecule has 7 heteroatoms. The fourth-order valence-electron chi connectivity index (χ4n) is 3.30. The molecule has 1 aromatic carbocycles. The fourth-order valence-corrected chi connectivity index (χ4v) is 4.09. The van der Waals surface area contributed by atoms with E-state index in [1.807, 2.05) is 11.4 Å². The molecular formula is C20H24ClN3O2S. The summed E-state index contributed by atoms with van der Waals surface area (Å²) < 4.78 is 0. The molecule has 1 aliphatic heterocycles. The minimum Gasteiger partial charge on any atom is -0.350 e. The lowest BCUT2D eigenvalue weighted by Gasteiger charge is -2.26. The van der Waals surface area contributed by atoms with Crippen molar-refractivity contribution in [2.24, 2.45) is 0 Å². The summed E-state index contributed by atoms with van der Waals surface area (Å²) in [6, 6.07) is 8.86. The standard InChI is InChI=1S/C20H24ClN3O2S/c1-2-15(24-9-3-4-10-24)13-22-19(25)14-7-8-16(21)17(12-14)23-20(26)18-6-5-11-27-18/h5-8,11-12,15H,2-4,9-10,13H2,1H3,(H,22,25)(H,23,26). The maximum absolute atomic E-state index is 12.6. The van der Waals surface area contributed by atoms with Crippen LogP contribution in [0.5, 0.6) is 0 Å². The van der Waals surface area contributed by atoms with E-state index in [-0.39, 0.29) is 11.8 Å². The van der Waals surface area contributed by atoms with Gasteiger partial charge >= 0.3 is 0 Å². The van der Waals surface area contributed by atoms with Gasteiger partial charge in [0.15, 0.2) is 0 Å². The van der Waals surface area contributed by atoms with Gasteiger partial charge in [-0.2, -0.15) is 0 Å². The van der Waals surface area contributed by atoms with E-state index in [0.717, 1.165) is 19.5 Å². The highest BCUT2D eigenvalue weighted by molar-refractivity contribution is 7.12. The number of nitrogens with one attached hydrogen (secondary N) is 2. The number of likely N-dealkylation sites (tertiary alicyclic amines) is 1. The molecule has 2 amide bonds. The summed E-state index contributed by atoms with van der Waals surface area (Å²) in [4.78, 5) is 27.9. The van der Waals surface area contributed by atoms with Gasteiger partial charge in [0.25, 0.3) is 11.8 Å². The summed E-state index contributed by atoms with van der Waals surface area (Å²) in [5.41, 5.74) is 0.923. The molecule has 1 fully saturated rings. The van der Waals surface area contributed by atoms with Gasteiger partial charge in [0, 0.05) is 18.2 Å². The van der Waals surface area contributed by atoms with E-state index in [1.54, 1.807) is 24.3 Å². The van der Waals surface area contributed by atoms with Crippen LogP contribution in [0.3, 0.4) is 0 Å². The van der Waals surface area contributed by atoms with Crippen LogP contribution in [0.4, 0.5) is 5.69 Å². The molecule has 2 heterocycles. The van der Waals surface area contributed by atoms with Gasteiger partial charge in [0.2, 0.25) is 0 Å². The number of hydrogen-bond donors (Lipinski definition) is 2. The minimum atomic E-state index is -0.232. The van der Waals surface area contributed by atoms with E-state index in [1.165, 1.54) is 24.2 Å². The zero-order valence-corrected chi connectivity index (χ0v) is 16.9. The van der Waals surface area contributed by atoms with Gasteiger partial charge < -0.3 is 10.6 Å². The van der Waals surface area contributed by atoms with Crippen molar-refractivity contribution >= 4 is 40.4 Å². The lowest BCUT2D eigenvalue weighted by atomic mass is 10.1. The number of nitrogens with zero attached hydrogens (tertiary/aromatic N) is 1. The van der Waals surface area contributed by atoms with E-state index in [2.05, 4.69) is 22.5 Å². The molecule has 2 N–H and O–H groups in total. The number of anilines is 1. The highest BCUT2D eigenvalue weighted by Gasteiger charge is 2.21. The van der Waals surface area contributed by atoms with E-state index in [0.29, 0.717) is 33.7 Å². The second-order valence-electron chi connectivity index (χ2n) is 6.64.